The maximum absolute atomic E-state index is 13.1. The molecule has 1 saturated heterocycles. The van der Waals surface area contributed by atoms with Gasteiger partial charge in [0.1, 0.15) is 23.2 Å². The highest BCUT2D eigenvalue weighted by Gasteiger charge is 2.35. The average Bonchev–Trinajstić information content (AvgIpc) is 2.76. The Labute approximate surface area is 183 Å². The summed E-state index contributed by atoms with van der Waals surface area (Å²) in [5, 5.41) is 5.43. The number of aromatic nitrogens is 2. The minimum atomic E-state index is -4.56. The van der Waals surface area contributed by atoms with Gasteiger partial charge in [-0.15, -0.1) is 0 Å². The van der Waals surface area contributed by atoms with E-state index in [9.17, 15) is 18.0 Å². The molecule has 2 N–H and O–H groups in total. The monoisotopic (exact) mass is 451 g/mol. The highest BCUT2D eigenvalue weighted by molar-refractivity contribution is 5.65. The molecule has 1 aromatic heterocycles. The lowest BCUT2D eigenvalue weighted by molar-refractivity contribution is -0.137. The van der Waals surface area contributed by atoms with E-state index >= 15 is 0 Å². The number of hydrogen-bond donors (Lipinski definition) is 2. The number of ether oxygens (including phenoxy) is 2. The number of alkyl halides is 3. The van der Waals surface area contributed by atoms with E-state index in [0.29, 0.717) is 31.1 Å². The van der Waals surface area contributed by atoms with E-state index < -0.39 is 11.7 Å². The van der Waals surface area contributed by atoms with Gasteiger partial charge in [0, 0.05) is 19.8 Å². The van der Waals surface area contributed by atoms with Crippen molar-refractivity contribution in [2.24, 2.45) is 0 Å². The number of hydrogen-bond acceptors (Lipinski definition) is 7. The van der Waals surface area contributed by atoms with Crippen LogP contribution in [0.2, 0.25) is 0 Å². The molecule has 2 heterocycles. The zero-order chi connectivity index (χ0) is 22.7. The van der Waals surface area contributed by atoms with Crippen LogP contribution in [0.25, 0.3) is 0 Å². The molecular weight excluding hydrogens is 427 g/mol. The molecule has 172 valence electrons. The van der Waals surface area contributed by atoms with Crippen LogP contribution in [0.5, 0.6) is 5.75 Å². The molecule has 2 aliphatic rings. The van der Waals surface area contributed by atoms with E-state index in [1.54, 1.807) is 11.0 Å². The summed E-state index contributed by atoms with van der Waals surface area (Å²) in [4.78, 5) is 20.6. The van der Waals surface area contributed by atoms with Crippen molar-refractivity contribution < 1.29 is 27.4 Å². The van der Waals surface area contributed by atoms with Gasteiger partial charge in [-0.3, -0.25) is 4.79 Å². The van der Waals surface area contributed by atoms with Crippen molar-refractivity contribution in [2.45, 2.75) is 37.6 Å². The van der Waals surface area contributed by atoms with Crippen molar-refractivity contribution in [1.29, 1.82) is 0 Å². The van der Waals surface area contributed by atoms with Gasteiger partial charge in [0.2, 0.25) is 12.4 Å². The molecule has 2 aromatic rings. The van der Waals surface area contributed by atoms with Gasteiger partial charge in [-0.05, 0) is 37.0 Å². The lowest BCUT2D eigenvalue weighted by Gasteiger charge is -2.32. The molecule has 2 fully saturated rings. The topological polar surface area (TPSA) is 88.6 Å². The summed E-state index contributed by atoms with van der Waals surface area (Å²) in [7, 11) is 1.37. The van der Waals surface area contributed by atoms with E-state index in [2.05, 4.69) is 20.6 Å². The first-order valence-electron chi connectivity index (χ1n) is 10.4. The van der Waals surface area contributed by atoms with E-state index in [4.69, 9.17) is 9.47 Å². The summed E-state index contributed by atoms with van der Waals surface area (Å²) < 4.78 is 51.3. The molecule has 8 nitrogen and oxygen atoms in total. The molecule has 0 spiro atoms. The molecule has 32 heavy (non-hydrogen) atoms. The lowest BCUT2D eigenvalue weighted by Crippen LogP contribution is -2.37. The first-order valence-corrected chi connectivity index (χ1v) is 10.4. The Bertz CT molecular complexity index is 968. The Morgan fingerprint density at radius 3 is 2.78 bits per heavy atom. The second-order valence-electron chi connectivity index (χ2n) is 7.71. The fourth-order valence-electron chi connectivity index (χ4n) is 3.54. The standard InChI is InChI=1S/C21H24F3N5O3/c1-25-19-15(21(22,23)24)10-26-20(28-19)27-16-6-5-13(9-17(16)32-14-3-2-4-14)18-11-29(12-30)7-8-31-18/h5-6,9-10,12,14,18H,2-4,7-8,11H2,1H3,(H2,25,26,27,28). The number of nitrogens with one attached hydrogen (secondary N) is 2. The number of anilines is 3. The van der Waals surface area contributed by atoms with Crippen LogP contribution >= 0.6 is 0 Å². The van der Waals surface area contributed by atoms with Crippen molar-refractivity contribution in [3.05, 3.63) is 35.5 Å². The van der Waals surface area contributed by atoms with Gasteiger partial charge in [-0.1, -0.05) is 6.07 Å². The van der Waals surface area contributed by atoms with Crippen molar-refractivity contribution in [3.8, 4) is 5.75 Å². The van der Waals surface area contributed by atoms with Crippen LogP contribution in [-0.4, -0.2) is 54.1 Å². The van der Waals surface area contributed by atoms with E-state index in [1.807, 2.05) is 12.1 Å². The number of carbonyl (C=O) groups is 1. The zero-order valence-electron chi connectivity index (χ0n) is 17.5. The number of amides is 1. The Morgan fingerprint density at radius 1 is 1.31 bits per heavy atom. The highest BCUT2D eigenvalue weighted by Crippen LogP contribution is 2.37. The lowest BCUT2D eigenvalue weighted by atomic mass is 9.96. The van der Waals surface area contributed by atoms with Gasteiger partial charge in [0.25, 0.3) is 0 Å². The maximum atomic E-state index is 13.1. The number of carbonyl (C=O) groups excluding carboxylic acids is 1. The number of halogens is 3. The summed E-state index contributed by atoms with van der Waals surface area (Å²) in [6, 6.07) is 5.42. The maximum Gasteiger partial charge on any atom is 0.421 e. The highest BCUT2D eigenvalue weighted by atomic mass is 19.4. The number of rotatable bonds is 7. The van der Waals surface area contributed by atoms with Gasteiger partial charge < -0.3 is 25.0 Å². The van der Waals surface area contributed by atoms with Crippen LogP contribution in [0.4, 0.5) is 30.6 Å². The van der Waals surface area contributed by atoms with Gasteiger partial charge >= 0.3 is 6.18 Å². The van der Waals surface area contributed by atoms with Crippen molar-refractivity contribution in [2.75, 3.05) is 37.4 Å². The summed E-state index contributed by atoms with van der Waals surface area (Å²) in [5.41, 5.74) is 0.437. The quantitative estimate of drug-likeness (QED) is 0.620. The van der Waals surface area contributed by atoms with E-state index in [0.717, 1.165) is 37.4 Å². The molecule has 1 aliphatic heterocycles. The zero-order valence-corrected chi connectivity index (χ0v) is 17.5. The Balaban J connectivity index is 1.60. The predicted octanol–water partition coefficient (Wildman–Crippen LogP) is 3.74. The first-order chi connectivity index (χ1) is 15.4. The largest absolute Gasteiger partial charge is 0.488 e. The van der Waals surface area contributed by atoms with Gasteiger partial charge in [0.15, 0.2) is 0 Å². The van der Waals surface area contributed by atoms with Gasteiger partial charge in [-0.25, -0.2) is 4.98 Å². The molecular formula is C21H24F3N5O3. The smallest absolute Gasteiger partial charge is 0.421 e. The second-order valence-corrected chi connectivity index (χ2v) is 7.71. The summed E-state index contributed by atoms with van der Waals surface area (Å²) in [6.45, 7) is 1.42. The van der Waals surface area contributed by atoms with Crippen LogP contribution < -0.4 is 15.4 Å². The Morgan fingerprint density at radius 2 is 2.12 bits per heavy atom. The third kappa shape index (κ3) is 4.87. The molecule has 1 saturated carbocycles. The number of nitrogens with zero attached hydrogens (tertiary/aromatic N) is 3. The third-order valence-corrected chi connectivity index (χ3v) is 5.55. The molecule has 1 unspecified atom stereocenters. The molecule has 11 heteroatoms. The molecule has 1 aromatic carbocycles. The summed E-state index contributed by atoms with van der Waals surface area (Å²) in [5.74, 6) is 0.223. The van der Waals surface area contributed by atoms with Crippen molar-refractivity contribution in [3.63, 3.8) is 0 Å². The molecule has 1 amide bonds. The normalized spacial score (nSPS) is 19.2. The minimum Gasteiger partial charge on any atom is -0.488 e. The molecule has 4 rings (SSSR count). The van der Waals surface area contributed by atoms with E-state index in [-0.39, 0.29) is 24.0 Å². The molecule has 0 radical (unpaired) electrons. The summed E-state index contributed by atoms with van der Waals surface area (Å²) in [6.07, 6.45) is -0.278. The van der Waals surface area contributed by atoms with E-state index in [1.165, 1.54) is 7.05 Å². The Kier molecular flexibility index (Phi) is 6.35. The van der Waals surface area contributed by atoms with Crippen molar-refractivity contribution >= 4 is 23.9 Å². The van der Waals surface area contributed by atoms with Crippen LogP contribution in [0.3, 0.4) is 0 Å². The molecule has 1 atom stereocenters. The fourth-order valence-corrected chi connectivity index (χ4v) is 3.54. The predicted molar refractivity (Wildman–Crippen MR) is 111 cm³/mol. The van der Waals surface area contributed by atoms with Crippen LogP contribution in [0.1, 0.15) is 36.5 Å². The fraction of sp³-hybridized carbons (Fsp3) is 0.476. The number of morpholine rings is 1. The molecule has 0 bridgehead atoms. The molecule has 1 aliphatic carbocycles. The average molecular weight is 451 g/mol. The number of benzene rings is 1. The van der Waals surface area contributed by atoms with Crippen LogP contribution in [-0.2, 0) is 15.7 Å². The van der Waals surface area contributed by atoms with Gasteiger partial charge in [0.05, 0.1) is 24.9 Å². The van der Waals surface area contributed by atoms with Gasteiger partial charge in [-0.2, -0.15) is 18.2 Å². The summed E-state index contributed by atoms with van der Waals surface area (Å²) >= 11 is 0. The minimum absolute atomic E-state index is 0.00889. The SMILES string of the molecule is CNc1nc(Nc2ccc(C3CN(C=O)CCO3)cc2OC2CCC2)ncc1C(F)(F)F. The Hall–Kier alpha value is -3.08. The van der Waals surface area contributed by atoms with Crippen LogP contribution in [0, 0.1) is 0 Å². The third-order valence-electron chi connectivity index (χ3n) is 5.55. The van der Waals surface area contributed by atoms with Crippen molar-refractivity contribution in [1.82, 2.24) is 14.9 Å². The second kappa shape index (κ2) is 9.19. The first kappa shape index (κ1) is 22.1. The van der Waals surface area contributed by atoms with Crippen LogP contribution in [0.15, 0.2) is 24.4 Å².